The maximum atomic E-state index is 12.9. The minimum atomic E-state index is -2.28. The van der Waals surface area contributed by atoms with Gasteiger partial charge in [-0.15, -0.1) is 0 Å². The topological polar surface area (TPSA) is 15.3 Å². The second-order valence-electron chi connectivity index (χ2n) is 6.32. The summed E-state index contributed by atoms with van der Waals surface area (Å²) in [5, 5.41) is 3.62. The Morgan fingerprint density at radius 3 is 2.60 bits per heavy atom. The number of nitrogens with one attached hydrogen (secondary N) is 1. The minimum Gasteiger partial charge on any atom is -0.308 e. The van der Waals surface area contributed by atoms with E-state index in [2.05, 4.69) is 12.2 Å². The molecule has 2 fully saturated rings. The number of rotatable bonds is 4. The number of alkyl halides is 2. The van der Waals surface area contributed by atoms with E-state index >= 15 is 0 Å². The van der Waals surface area contributed by atoms with Gasteiger partial charge in [0.2, 0.25) is 0 Å². The molecule has 0 bridgehead atoms. The molecule has 0 spiro atoms. The van der Waals surface area contributed by atoms with Crippen LogP contribution in [0.5, 0.6) is 0 Å². The third-order valence-electron chi connectivity index (χ3n) is 4.71. The minimum absolute atomic E-state index is 0.000169. The number of nitrogens with zero attached hydrogens (tertiary/aromatic N) is 1. The second-order valence-corrected chi connectivity index (χ2v) is 6.32. The number of hydrogen-bond donors (Lipinski definition) is 1. The summed E-state index contributed by atoms with van der Waals surface area (Å²) in [6, 6.07) is 10.0. The molecular formula is C16H22F2N2. The molecule has 1 saturated carbocycles. The quantitative estimate of drug-likeness (QED) is 0.912. The van der Waals surface area contributed by atoms with Gasteiger partial charge in [-0.2, -0.15) is 0 Å². The molecule has 20 heavy (non-hydrogen) atoms. The highest BCUT2D eigenvalue weighted by atomic mass is 19.3. The monoisotopic (exact) mass is 280 g/mol. The summed E-state index contributed by atoms with van der Waals surface area (Å²) in [5.41, 5.74) is 1.12. The fourth-order valence-electron chi connectivity index (χ4n) is 3.41. The fourth-order valence-corrected chi connectivity index (χ4v) is 3.41. The summed E-state index contributed by atoms with van der Waals surface area (Å²) in [5.74, 6) is 0.652. The van der Waals surface area contributed by atoms with Crippen molar-refractivity contribution in [2.75, 3.05) is 19.6 Å². The first-order valence-electron chi connectivity index (χ1n) is 7.41. The van der Waals surface area contributed by atoms with Crippen molar-refractivity contribution in [3.05, 3.63) is 35.9 Å². The van der Waals surface area contributed by atoms with E-state index in [9.17, 15) is 8.78 Å². The predicted octanol–water partition coefficient (Wildman–Crippen LogP) is 3.07. The molecule has 110 valence electrons. The van der Waals surface area contributed by atoms with E-state index in [0.29, 0.717) is 12.5 Å². The first-order valence-corrected chi connectivity index (χ1v) is 7.41. The van der Waals surface area contributed by atoms with Crippen molar-refractivity contribution in [3.8, 4) is 0 Å². The van der Waals surface area contributed by atoms with Crippen LogP contribution in [0.15, 0.2) is 30.3 Å². The highest BCUT2D eigenvalue weighted by molar-refractivity contribution is 5.21. The summed E-state index contributed by atoms with van der Waals surface area (Å²) >= 11 is 0. The molecule has 0 amide bonds. The Bertz CT molecular complexity index is 447. The molecule has 1 aliphatic heterocycles. The molecular weight excluding hydrogens is 258 g/mol. The van der Waals surface area contributed by atoms with Crippen LogP contribution in [0, 0.1) is 5.92 Å². The molecule has 2 unspecified atom stereocenters. The van der Waals surface area contributed by atoms with Crippen molar-refractivity contribution in [1.29, 1.82) is 0 Å². The zero-order chi connectivity index (χ0) is 14.2. The van der Waals surface area contributed by atoms with Crippen molar-refractivity contribution < 1.29 is 8.78 Å². The van der Waals surface area contributed by atoms with Gasteiger partial charge < -0.3 is 5.32 Å². The van der Waals surface area contributed by atoms with Crippen LogP contribution in [0.1, 0.15) is 31.4 Å². The molecule has 1 heterocycles. The molecule has 1 aliphatic carbocycles. The van der Waals surface area contributed by atoms with E-state index in [-0.39, 0.29) is 18.1 Å². The van der Waals surface area contributed by atoms with Crippen LogP contribution in [0.4, 0.5) is 8.78 Å². The first-order chi connectivity index (χ1) is 9.58. The van der Waals surface area contributed by atoms with Crippen LogP contribution >= 0.6 is 0 Å². The van der Waals surface area contributed by atoms with E-state index in [1.165, 1.54) is 12.8 Å². The maximum Gasteiger partial charge on any atom is 0.251 e. The maximum absolute atomic E-state index is 12.9. The van der Waals surface area contributed by atoms with Crippen LogP contribution in [-0.2, 0) is 0 Å². The molecule has 0 radical (unpaired) electrons. The Morgan fingerprint density at radius 2 is 2.00 bits per heavy atom. The summed E-state index contributed by atoms with van der Waals surface area (Å²) in [6.45, 7) is 3.51. The van der Waals surface area contributed by atoms with E-state index in [4.69, 9.17) is 0 Å². The lowest BCUT2D eigenvalue weighted by atomic mass is 9.89. The normalized spacial score (nSPS) is 31.7. The lowest BCUT2D eigenvalue weighted by molar-refractivity contribution is 0.0177. The van der Waals surface area contributed by atoms with Gasteiger partial charge in [0, 0.05) is 24.7 Å². The zero-order valence-electron chi connectivity index (χ0n) is 11.9. The molecule has 2 aliphatic rings. The van der Waals surface area contributed by atoms with Gasteiger partial charge in [-0.1, -0.05) is 30.3 Å². The van der Waals surface area contributed by atoms with E-state index in [1.54, 1.807) is 0 Å². The molecule has 1 saturated heterocycles. The summed E-state index contributed by atoms with van der Waals surface area (Å²) in [6.07, 6.45) is 0.173. The Kier molecular flexibility index (Phi) is 3.78. The van der Waals surface area contributed by atoms with E-state index < -0.39 is 6.43 Å². The summed E-state index contributed by atoms with van der Waals surface area (Å²) in [7, 11) is 0. The Balaban J connectivity index is 1.79. The molecule has 3 rings (SSSR count). The second kappa shape index (κ2) is 5.41. The molecule has 0 aromatic heterocycles. The van der Waals surface area contributed by atoms with Gasteiger partial charge in [-0.05, 0) is 31.2 Å². The molecule has 1 N–H and O–H groups in total. The fraction of sp³-hybridized carbons (Fsp3) is 0.625. The van der Waals surface area contributed by atoms with Gasteiger partial charge in [0.1, 0.15) is 0 Å². The largest absolute Gasteiger partial charge is 0.308 e. The highest BCUT2D eigenvalue weighted by Crippen LogP contribution is 2.43. The standard InChI is InChI=1S/C16H22F2N2/c1-16(13-7-8-13)11-20(10-15(17)18)14(9-19-16)12-5-3-2-4-6-12/h2-6,13-15,19H,7-11H2,1H3. The Labute approximate surface area is 119 Å². The molecule has 2 nitrogen and oxygen atoms in total. The van der Waals surface area contributed by atoms with Gasteiger partial charge in [0.05, 0.1) is 6.54 Å². The van der Waals surface area contributed by atoms with Crippen LogP contribution < -0.4 is 5.32 Å². The van der Waals surface area contributed by atoms with E-state index in [1.807, 2.05) is 35.2 Å². The number of hydrogen-bond acceptors (Lipinski definition) is 2. The number of benzene rings is 1. The van der Waals surface area contributed by atoms with Crippen LogP contribution in [0.3, 0.4) is 0 Å². The van der Waals surface area contributed by atoms with Crippen molar-refractivity contribution in [2.45, 2.75) is 37.8 Å². The van der Waals surface area contributed by atoms with Gasteiger partial charge in [0.15, 0.2) is 0 Å². The van der Waals surface area contributed by atoms with Crippen molar-refractivity contribution in [3.63, 3.8) is 0 Å². The van der Waals surface area contributed by atoms with Crippen LogP contribution in [0.25, 0.3) is 0 Å². The lowest BCUT2D eigenvalue weighted by Gasteiger charge is -2.46. The zero-order valence-corrected chi connectivity index (χ0v) is 11.9. The average molecular weight is 280 g/mol. The SMILES string of the molecule is CC1(C2CC2)CN(CC(F)F)C(c2ccccc2)CN1. The number of piperazine rings is 1. The predicted molar refractivity (Wildman–Crippen MR) is 75.9 cm³/mol. The van der Waals surface area contributed by atoms with Crippen LogP contribution in [0.2, 0.25) is 0 Å². The third-order valence-corrected chi connectivity index (χ3v) is 4.71. The molecule has 4 heteroatoms. The van der Waals surface area contributed by atoms with E-state index in [0.717, 1.165) is 12.1 Å². The van der Waals surface area contributed by atoms with Gasteiger partial charge in [-0.3, -0.25) is 4.90 Å². The Hall–Kier alpha value is -1.00. The molecule has 2 atom stereocenters. The van der Waals surface area contributed by atoms with Crippen LogP contribution in [-0.4, -0.2) is 36.5 Å². The highest BCUT2D eigenvalue weighted by Gasteiger charge is 2.46. The smallest absolute Gasteiger partial charge is 0.251 e. The Morgan fingerprint density at radius 1 is 1.30 bits per heavy atom. The average Bonchev–Trinajstić information content (AvgIpc) is 3.24. The van der Waals surface area contributed by atoms with Gasteiger partial charge in [0.25, 0.3) is 6.43 Å². The molecule has 1 aromatic carbocycles. The first kappa shape index (κ1) is 14.0. The van der Waals surface area contributed by atoms with Crippen molar-refractivity contribution in [2.24, 2.45) is 5.92 Å². The summed E-state index contributed by atoms with van der Waals surface area (Å²) in [4.78, 5) is 1.97. The number of halogens is 2. The lowest BCUT2D eigenvalue weighted by Crippen LogP contribution is -2.61. The van der Waals surface area contributed by atoms with Crippen molar-refractivity contribution in [1.82, 2.24) is 10.2 Å². The van der Waals surface area contributed by atoms with Gasteiger partial charge >= 0.3 is 0 Å². The third kappa shape index (κ3) is 2.86. The molecule has 1 aromatic rings. The summed E-state index contributed by atoms with van der Waals surface area (Å²) < 4.78 is 25.8. The van der Waals surface area contributed by atoms with Crippen molar-refractivity contribution >= 4 is 0 Å². The van der Waals surface area contributed by atoms with Gasteiger partial charge in [-0.25, -0.2) is 8.78 Å².